The predicted octanol–water partition coefficient (Wildman–Crippen LogP) is 4.31. The van der Waals surface area contributed by atoms with Crippen molar-refractivity contribution in [1.82, 2.24) is 10.2 Å². The van der Waals surface area contributed by atoms with Gasteiger partial charge in [-0.1, -0.05) is 57.2 Å². The van der Waals surface area contributed by atoms with Gasteiger partial charge in [0.2, 0.25) is 5.91 Å². The lowest BCUT2D eigenvalue weighted by Crippen LogP contribution is -2.50. The number of imide groups is 1. The monoisotopic (exact) mass is 407 g/mol. The average Bonchev–Trinajstić information content (AvgIpc) is 2.92. The molecule has 2 N–H and O–H groups in total. The minimum absolute atomic E-state index is 0.186. The molecule has 0 unspecified atom stereocenters. The van der Waals surface area contributed by atoms with Crippen molar-refractivity contribution in [3.8, 4) is 0 Å². The Balaban J connectivity index is 1.44. The van der Waals surface area contributed by atoms with Gasteiger partial charge < -0.3 is 10.6 Å². The largest absolute Gasteiger partial charge is 0.325 e. The van der Waals surface area contributed by atoms with Crippen LogP contribution >= 0.6 is 0 Å². The van der Waals surface area contributed by atoms with Crippen LogP contribution in [0.1, 0.15) is 46.5 Å². The molecule has 0 aromatic heterocycles. The molecule has 1 saturated heterocycles. The molecule has 6 heteroatoms. The second kappa shape index (κ2) is 7.42. The Hall–Kier alpha value is -2.89. The highest BCUT2D eigenvalue weighted by atomic mass is 16.2. The van der Waals surface area contributed by atoms with E-state index in [0.29, 0.717) is 24.4 Å². The maximum absolute atomic E-state index is 13.1. The molecule has 30 heavy (non-hydrogen) atoms. The normalized spacial score (nSPS) is 24.4. The minimum Gasteiger partial charge on any atom is -0.324 e. The molecule has 1 saturated carbocycles. The van der Waals surface area contributed by atoms with Crippen LogP contribution < -0.4 is 10.6 Å². The number of carbonyl (C=O) groups excluding carboxylic acids is 3. The van der Waals surface area contributed by atoms with Crippen LogP contribution in [0.25, 0.3) is 10.8 Å². The molecule has 4 amide bonds. The van der Waals surface area contributed by atoms with Crippen molar-refractivity contribution in [1.29, 1.82) is 0 Å². The second-order valence-corrected chi connectivity index (χ2v) is 9.62. The maximum atomic E-state index is 13.1. The van der Waals surface area contributed by atoms with Gasteiger partial charge in [-0.2, -0.15) is 0 Å². The molecule has 2 fully saturated rings. The predicted molar refractivity (Wildman–Crippen MR) is 117 cm³/mol. The SMILES string of the molecule is CC(C)(C)C1CCC2(CC1)NC(=O)N(CC(=O)Nc1cccc3ccccc13)C2=O. The van der Waals surface area contributed by atoms with Crippen molar-refractivity contribution in [2.24, 2.45) is 11.3 Å². The molecule has 1 aliphatic carbocycles. The first-order valence-corrected chi connectivity index (χ1v) is 10.6. The van der Waals surface area contributed by atoms with Gasteiger partial charge >= 0.3 is 6.03 Å². The van der Waals surface area contributed by atoms with Gasteiger partial charge in [0.15, 0.2) is 0 Å². The van der Waals surface area contributed by atoms with Gasteiger partial charge in [-0.3, -0.25) is 14.5 Å². The molecular formula is C24H29N3O3. The molecule has 0 atom stereocenters. The minimum atomic E-state index is -0.849. The van der Waals surface area contributed by atoms with Gasteiger partial charge in [-0.15, -0.1) is 0 Å². The van der Waals surface area contributed by atoms with E-state index in [-0.39, 0.29) is 23.8 Å². The average molecular weight is 408 g/mol. The van der Waals surface area contributed by atoms with E-state index in [1.165, 1.54) is 0 Å². The van der Waals surface area contributed by atoms with E-state index >= 15 is 0 Å². The summed E-state index contributed by atoms with van der Waals surface area (Å²) in [6, 6.07) is 12.9. The summed E-state index contributed by atoms with van der Waals surface area (Å²) in [5.74, 6) is -0.125. The Labute approximate surface area is 177 Å². The van der Waals surface area contributed by atoms with Gasteiger partial charge in [0, 0.05) is 11.1 Å². The van der Waals surface area contributed by atoms with Gasteiger partial charge in [0.1, 0.15) is 12.1 Å². The zero-order chi connectivity index (χ0) is 21.5. The summed E-state index contributed by atoms with van der Waals surface area (Å²) < 4.78 is 0. The summed E-state index contributed by atoms with van der Waals surface area (Å²) in [6.45, 7) is 6.37. The van der Waals surface area contributed by atoms with E-state index in [9.17, 15) is 14.4 Å². The Kier molecular flexibility index (Phi) is 5.04. The van der Waals surface area contributed by atoms with Crippen LogP contribution in [-0.2, 0) is 9.59 Å². The summed E-state index contributed by atoms with van der Waals surface area (Å²) in [6.07, 6.45) is 3.04. The molecule has 2 aromatic rings. The maximum Gasteiger partial charge on any atom is 0.325 e. The van der Waals surface area contributed by atoms with Crippen molar-refractivity contribution in [3.63, 3.8) is 0 Å². The fraction of sp³-hybridized carbons (Fsp3) is 0.458. The summed E-state index contributed by atoms with van der Waals surface area (Å²) in [7, 11) is 0. The van der Waals surface area contributed by atoms with Gasteiger partial charge in [-0.25, -0.2) is 4.79 Å². The van der Waals surface area contributed by atoms with Crippen LogP contribution in [0.4, 0.5) is 10.5 Å². The summed E-state index contributed by atoms with van der Waals surface area (Å²) in [5, 5.41) is 7.69. The summed E-state index contributed by atoms with van der Waals surface area (Å²) in [5.41, 5.74) is 0.00897. The zero-order valence-electron chi connectivity index (χ0n) is 17.8. The summed E-state index contributed by atoms with van der Waals surface area (Å²) in [4.78, 5) is 39.4. The van der Waals surface area contributed by atoms with E-state index in [2.05, 4.69) is 31.4 Å². The number of carbonyl (C=O) groups is 3. The van der Waals surface area contributed by atoms with Crippen molar-refractivity contribution in [2.45, 2.75) is 52.0 Å². The quantitative estimate of drug-likeness (QED) is 0.745. The molecule has 158 valence electrons. The molecule has 0 radical (unpaired) electrons. The van der Waals surface area contributed by atoms with Gasteiger partial charge in [0.05, 0.1) is 0 Å². The van der Waals surface area contributed by atoms with Crippen LogP contribution in [0.15, 0.2) is 42.5 Å². The van der Waals surface area contributed by atoms with Crippen LogP contribution in [0.2, 0.25) is 0 Å². The van der Waals surface area contributed by atoms with E-state index < -0.39 is 11.6 Å². The first-order chi connectivity index (χ1) is 14.2. The molecule has 1 spiro atoms. The molecule has 1 heterocycles. The number of fused-ring (bicyclic) bond motifs is 1. The lowest BCUT2D eigenvalue weighted by molar-refractivity contribution is -0.135. The Morgan fingerprint density at radius 3 is 2.47 bits per heavy atom. The first-order valence-electron chi connectivity index (χ1n) is 10.6. The molecule has 1 aliphatic heterocycles. The molecule has 0 bridgehead atoms. The summed E-state index contributed by atoms with van der Waals surface area (Å²) >= 11 is 0. The fourth-order valence-corrected chi connectivity index (χ4v) is 4.80. The molecule has 6 nitrogen and oxygen atoms in total. The van der Waals surface area contributed by atoms with Gasteiger partial charge in [0.25, 0.3) is 5.91 Å². The highest BCUT2D eigenvalue weighted by molar-refractivity contribution is 6.11. The van der Waals surface area contributed by atoms with Crippen LogP contribution in [0.3, 0.4) is 0 Å². The number of hydrogen-bond acceptors (Lipinski definition) is 3. The van der Waals surface area contributed by atoms with E-state index in [1.54, 1.807) is 0 Å². The lowest BCUT2D eigenvalue weighted by Gasteiger charge is -2.40. The van der Waals surface area contributed by atoms with Crippen LogP contribution in [-0.4, -0.2) is 34.8 Å². The highest BCUT2D eigenvalue weighted by Crippen LogP contribution is 2.43. The number of nitrogens with one attached hydrogen (secondary N) is 2. The lowest BCUT2D eigenvalue weighted by atomic mass is 9.67. The number of hydrogen-bond donors (Lipinski definition) is 2. The Morgan fingerprint density at radius 2 is 1.77 bits per heavy atom. The van der Waals surface area contributed by atoms with Crippen molar-refractivity contribution >= 4 is 34.3 Å². The molecule has 2 aliphatic rings. The van der Waals surface area contributed by atoms with E-state index in [0.717, 1.165) is 28.5 Å². The van der Waals surface area contributed by atoms with E-state index in [4.69, 9.17) is 0 Å². The number of urea groups is 1. The number of amides is 4. The van der Waals surface area contributed by atoms with Gasteiger partial charge in [-0.05, 0) is 48.5 Å². The number of nitrogens with zero attached hydrogens (tertiary/aromatic N) is 1. The second-order valence-electron chi connectivity index (χ2n) is 9.62. The van der Waals surface area contributed by atoms with Crippen LogP contribution in [0, 0.1) is 11.3 Å². The third-order valence-electron chi connectivity index (χ3n) is 6.68. The number of rotatable bonds is 3. The standard InChI is InChI=1S/C24H29N3O3/c1-23(2,3)17-11-13-24(14-12-17)21(29)27(22(30)26-24)15-20(28)25-19-10-6-8-16-7-4-5-9-18(16)19/h4-10,17H,11-15H2,1-3H3,(H,25,28)(H,26,30). The van der Waals surface area contributed by atoms with Crippen LogP contribution in [0.5, 0.6) is 0 Å². The smallest absolute Gasteiger partial charge is 0.324 e. The molecule has 2 aromatic carbocycles. The number of benzene rings is 2. The zero-order valence-corrected chi connectivity index (χ0v) is 17.8. The molecule has 4 rings (SSSR count). The highest BCUT2D eigenvalue weighted by Gasteiger charge is 2.53. The Morgan fingerprint density at radius 1 is 1.10 bits per heavy atom. The van der Waals surface area contributed by atoms with E-state index in [1.807, 2.05) is 42.5 Å². The van der Waals surface area contributed by atoms with Crippen molar-refractivity contribution in [3.05, 3.63) is 42.5 Å². The topological polar surface area (TPSA) is 78.5 Å². The van der Waals surface area contributed by atoms with Crippen molar-refractivity contribution < 1.29 is 14.4 Å². The molecular weight excluding hydrogens is 378 g/mol. The number of anilines is 1. The van der Waals surface area contributed by atoms with Crippen molar-refractivity contribution in [2.75, 3.05) is 11.9 Å². The fourth-order valence-electron chi connectivity index (χ4n) is 4.80. The first kappa shape index (κ1) is 20.4. The Bertz CT molecular complexity index is 995. The third-order valence-corrected chi connectivity index (χ3v) is 6.68. The third kappa shape index (κ3) is 3.66.